The van der Waals surface area contributed by atoms with Gasteiger partial charge in [0.1, 0.15) is 0 Å². The van der Waals surface area contributed by atoms with Crippen molar-refractivity contribution < 1.29 is 9.18 Å². The third-order valence-electron chi connectivity index (χ3n) is 3.44. The summed E-state index contributed by atoms with van der Waals surface area (Å²) in [6.07, 6.45) is 3.10. The molecule has 0 unspecified atom stereocenters. The molecule has 18 heavy (non-hydrogen) atoms. The Morgan fingerprint density at radius 3 is 2.56 bits per heavy atom. The zero-order valence-corrected chi connectivity index (χ0v) is 12.1. The summed E-state index contributed by atoms with van der Waals surface area (Å²) in [5, 5.41) is -0.0339. The smallest absolute Gasteiger partial charge is 0.168 e. The Bertz CT molecular complexity index is 472. The van der Waals surface area contributed by atoms with E-state index in [1.807, 2.05) is 0 Å². The first kappa shape index (κ1) is 14.0. The van der Waals surface area contributed by atoms with Crippen LogP contribution < -0.4 is 5.73 Å². The topological polar surface area (TPSA) is 43.1 Å². The molecule has 1 aliphatic rings. The third-order valence-corrected chi connectivity index (χ3v) is 4.70. The van der Waals surface area contributed by atoms with Crippen LogP contribution in [0.2, 0.25) is 5.02 Å². The van der Waals surface area contributed by atoms with Crippen LogP contribution >= 0.6 is 27.5 Å². The lowest BCUT2D eigenvalue weighted by Crippen LogP contribution is -2.30. The lowest BCUT2D eigenvalue weighted by Gasteiger charge is -2.25. The molecule has 2 rings (SSSR count). The predicted octanol–water partition coefficient (Wildman–Crippen LogP) is 3.94. The number of halogens is 3. The van der Waals surface area contributed by atoms with Crippen molar-refractivity contribution in [3.05, 3.63) is 33.0 Å². The molecule has 0 heterocycles. The van der Waals surface area contributed by atoms with Gasteiger partial charge in [-0.05, 0) is 53.7 Å². The number of hydrogen-bond acceptors (Lipinski definition) is 2. The highest BCUT2D eigenvalue weighted by molar-refractivity contribution is 9.10. The first-order chi connectivity index (χ1) is 8.50. The molecule has 2 nitrogen and oxygen atoms in total. The lowest BCUT2D eigenvalue weighted by molar-refractivity contribution is 0.0880. The van der Waals surface area contributed by atoms with Gasteiger partial charge in [-0.1, -0.05) is 11.6 Å². The Labute approximate surface area is 119 Å². The van der Waals surface area contributed by atoms with Gasteiger partial charge in [0.05, 0.1) is 10.6 Å². The molecule has 0 bridgehead atoms. The maximum Gasteiger partial charge on any atom is 0.168 e. The summed E-state index contributed by atoms with van der Waals surface area (Å²) in [7, 11) is 0. The maximum absolute atomic E-state index is 13.9. The third kappa shape index (κ3) is 2.76. The monoisotopic (exact) mass is 333 g/mol. The van der Waals surface area contributed by atoms with E-state index < -0.39 is 5.82 Å². The molecule has 1 fully saturated rings. The number of ketones is 1. The van der Waals surface area contributed by atoms with E-state index >= 15 is 0 Å². The van der Waals surface area contributed by atoms with Crippen LogP contribution in [0.3, 0.4) is 0 Å². The second kappa shape index (κ2) is 5.68. The fourth-order valence-electron chi connectivity index (χ4n) is 2.32. The Morgan fingerprint density at radius 2 is 1.94 bits per heavy atom. The van der Waals surface area contributed by atoms with Gasteiger partial charge in [0, 0.05) is 16.4 Å². The summed E-state index contributed by atoms with van der Waals surface area (Å²) < 4.78 is 14.4. The van der Waals surface area contributed by atoms with Crippen LogP contribution in [0, 0.1) is 11.7 Å². The Hall–Kier alpha value is -0.450. The van der Waals surface area contributed by atoms with Gasteiger partial charge in [0.2, 0.25) is 0 Å². The standard InChI is InChI=1S/C13H14BrClFNO/c14-10-6-5-9(12(16)11(10)15)13(18)7-1-3-8(17)4-2-7/h5-8H,1-4,17H2. The van der Waals surface area contributed by atoms with Crippen molar-refractivity contribution in [1.82, 2.24) is 0 Å². The van der Waals surface area contributed by atoms with Crippen LogP contribution in [-0.4, -0.2) is 11.8 Å². The van der Waals surface area contributed by atoms with Gasteiger partial charge in [-0.15, -0.1) is 0 Å². The minimum atomic E-state index is -0.633. The Morgan fingerprint density at radius 1 is 1.33 bits per heavy atom. The minimum absolute atomic E-state index is 0.0339. The second-order valence-corrected chi connectivity index (χ2v) is 5.93. The molecule has 0 spiro atoms. The molecule has 98 valence electrons. The van der Waals surface area contributed by atoms with Crippen molar-refractivity contribution in [3.8, 4) is 0 Å². The van der Waals surface area contributed by atoms with Gasteiger partial charge >= 0.3 is 0 Å². The van der Waals surface area contributed by atoms with Crippen LogP contribution in [0.15, 0.2) is 16.6 Å². The van der Waals surface area contributed by atoms with E-state index in [0.717, 1.165) is 25.7 Å². The molecular weight excluding hydrogens is 321 g/mol. The summed E-state index contributed by atoms with van der Waals surface area (Å²) >= 11 is 8.93. The van der Waals surface area contributed by atoms with E-state index in [9.17, 15) is 9.18 Å². The van der Waals surface area contributed by atoms with Crippen molar-refractivity contribution >= 4 is 33.3 Å². The first-order valence-electron chi connectivity index (χ1n) is 5.94. The zero-order chi connectivity index (χ0) is 13.3. The van der Waals surface area contributed by atoms with Crippen LogP contribution in [0.5, 0.6) is 0 Å². The lowest BCUT2D eigenvalue weighted by atomic mass is 9.82. The molecule has 0 aromatic heterocycles. The average molecular weight is 335 g/mol. The van der Waals surface area contributed by atoms with Crippen LogP contribution in [0.1, 0.15) is 36.0 Å². The highest BCUT2D eigenvalue weighted by atomic mass is 79.9. The van der Waals surface area contributed by atoms with E-state index in [0.29, 0.717) is 4.47 Å². The van der Waals surface area contributed by atoms with Crippen LogP contribution in [-0.2, 0) is 0 Å². The second-order valence-electron chi connectivity index (χ2n) is 4.70. The Kier molecular flexibility index (Phi) is 4.41. The van der Waals surface area contributed by atoms with Crippen LogP contribution in [0.4, 0.5) is 4.39 Å². The fourth-order valence-corrected chi connectivity index (χ4v) is 2.79. The van der Waals surface area contributed by atoms with Gasteiger partial charge < -0.3 is 5.73 Å². The fraction of sp³-hybridized carbons (Fsp3) is 0.462. The normalized spacial score (nSPS) is 24.0. The molecule has 1 saturated carbocycles. The highest BCUT2D eigenvalue weighted by Gasteiger charge is 2.28. The van der Waals surface area contributed by atoms with Crippen molar-refractivity contribution in [2.45, 2.75) is 31.7 Å². The predicted molar refractivity (Wildman–Crippen MR) is 73.4 cm³/mol. The summed E-state index contributed by atoms with van der Waals surface area (Å²) in [6.45, 7) is 0. The first-order valence-corrected chi connectivity index (χ1v) is 7.11. The van der Waals surface area contributed by atoms with Crippen molar-refractivity contribution in [2.75, 3.05) is 0 Å². The molecule has 2 N–H and O–H groups in total. The summed E-state index contributed by atoms with van der Waals surface area (Å²) in [4.78, 5) is 12.2. The quantitative estimate of drug-likeness (QED) is 0.657. The molecule has 5 heteroatoms. The number of benzene rings is 1. The van der Waals surface area contributed by atoms with Gasteiger partial charge in [-0.25, -0.2) is 4.39 Å². The number of Topliss-reactive ketones (excluding diaryl/α,β-unsaturated/α-hetero) is 1. The minimum Gasteiger partial charge on any atom is -0.328 e. The highest BCUT2D eigenvalue weighted by Crippen LogP contribution is 2.32. The molecule has 1 aliphatic carbocycles. The molecule has 0 aliphatic heterocycles. The zero-order valence-electron chi connectivity index (χ0n) is 9.76. The van der Waals surface area contributed by atoms with Gasteiger partial charge in [-0.3, -0.25) is 4.79 Å². The molecule has 0 amide bonds. The van der Waals surface area contributed by atoms with Crippen molar-refractivity contribution in [3.63, 3.8) is 0 Å². The van der Waals surface area contributed by atoms with Crippen molar-refractivity contribution in [2.24, 2.45) is 11.7 Å². The van der Waals surface area contributed by atoms with Gasteiger partial charge in [0.25, 0.3) is 0 Å². The molecular formula is C13H14BrClFNO. The SMILES string of the molecule is NC1CCC(C(=O)c2ccc(Br)c(Cl)c2F)CC1. The van der Waals surface area contributed by atoms with E-state index in [4.69, 9.17) is 17.3 Å². The van der Waals surface area contributed by atoms with E-state index in [1.165, 1.54) is 6.07 Å². The van der Waals surface area contributed by atoms with Gasteiger partial charge in [0.15, 0.2) is 11.6 Å². The van der Waals surface area contributed by atoms with E-state index in [1.54, 1.807) is 6.07 Å². The Balaban J connectivity index is 2.21. The maximum atomic E-state index is 13.9. The molecule has 0 saturated heterocycles. The number of rotatable bonds is 2. The van der Waals surface area contributed by atoms with Gasteiger partial charge in [-0.2, -0.15) is 0 Å². The summed E-state index contributed by atoms with van der Waals surface area (Å²) in [5.41, 5.74) is 5.88. The number of nitrogens with two attached hydrogens (primary N) is 1. The number of hydrogen-bond donors (Lipinski definition) is 1. The molecule has 0 atom stereocenters. The average Bonchev–Trinajstić information content (AvgIpc) is 2.36. The molecule has 0 radical (unpaired) electrons. The number of carbonyl (C=O) groups is 1. The number of carbonyl (C=O) groups excluding carboxylic acids is 1. The van der Waals surface area contributed by atoms with E-state index in [-0.39, 0.29) is 28.3 Å². The molecule has 1 aromatic rings. The van der Waals surface area contributed by atoms with E-state index in [2.05, 4.69) is 15.9 Å². The summed E-state index contributed by atoms with van der Waals surface area (Å²) in [6, 6.07) is 3.27. The van der Waals surface area contributed by atoms with Crippen LogP contribution in [0.25, 0.3) is 0 Å². The molecule has 1 aromatic carbocycles. The largest absolute Gasteiger partial charge is 0.328 e. The van der Waals surface area contributed by atoms with Crippen molar-refractivity contribution in [1.29, 1.82) is 0 Å². The summed E-state index contributed by atoms with van der Waals surface area (Å²) in [5.74, 6) is -0.920.